The summed E-state index contributed by atoms with van der Waals surface area (Å²) >= 11 is 0. The van der Waals surface area contributed by atoms with Crippen LogP contribution in [0.3, 0.4) is 0 Å². The van der Waals surface area contributed by atoms with E-state index in [0.29, 0.717) is 19.6 Å². The number of furan rings is 1. The highest BCUT2D eigenvalue weighted by atomic mass is 16.3. The quantitative estimate of drug-likeness (QED) is 0.753. The van der Waals surface area contributed by atoms with E-state index in [1.165, 1.54) is 24.9 Å². The monoisotopic (exact) mass is 395 g/mol. The predicted octanol–water partition coefficient (Wildman–Crippen LogP) is 3.28. The van der Waals surface area contributed by atoms with Crippen molar-refractivity contribution in [1.29, 1.82) is 0 Å². The summed E-state index contributed by atoms with van der Waals surface area (Å²) in [6, 6.07) is 12.2. The van der Waals surface area contributed by atoms with Gasteiger partial charge in [0.1, 0.15) is 5.76 Å². The maximum Gasteiger partial charge on any atom is 0.228 e. The Morgan fingerprint density at radius 1 is 1.14 bits per heavy atom. The molecule has 2 fully saturated rings. The molecule has 4 rings (SSSR count). The van der Waals surface area contributed by atoms with Gasteiger partial charge in [-0.15, -0.1) is 0 Å². The molecule has 29 heavy (non-hydrogen) atoms. The number of piperidine rings is 1. The minimum atomic E-state index is -0.282. The van der Waals surface area contributed by atoms with E-state index in [2.05, 4.69) is 29.2 Å². The number of carbonyl (C=O) groups excluding carboxylic acids is 2. The molecule has 0 aliphatic carbocycles. The Hall–Kier alpha value is -2.76. The minimum Gasteiger partial charge on any atom is -0.467 e. The maximum absolute atomic E-state index is 12.9. The van der Waals surface area contributed by atoms with Crippen molar-refractivity contribution < 1.29 is 14.0 Å². The van der Waals surface area contributed by atoms with Gasteiger partial charge < -0.3 is 19.1 Å². The molecule has 3 heterocycles. The van der Waals surface area contributed by atoms with Gasteiger partial charge >= 0.3 is 0 Å². The van der Waals surface area contributed by atoms with Crippen LogP contribution in [0.4, 0.5) is 5.69 Å². The molecule has 0 saturated carbocycles. The highest BCUT2D eigenvalue weighted by molar-refractivity contribution is 5.89. The molecule has 0 bridgehead atoms. The normalized spacial score (nSPS) is 19.6. The second-order valence-corrected chi connectivity index (χ2v) is 8.16. The Balaban J connectivity index is 1.31. The highest BCUT2D eigenvalue weighted by Crippen LogP contribution is 2.24. The van der Waals surface area contributed by atoms with Gasteiger partial charge in [-0.05, 0) is 49.1 Å². The molecule has 0 spiro atoms. The number of hydrogen-bond donors (Lipinski definition) is 0. The molecular formula is C23H29N3O3. The maximum atomic E-state index is 12.9. The zero-order valence-electron chi connectivity index (χ0n) is 17.0. The van der Waals surface area contributed by atoms with Crippen molar-refractivity contribution >= 4 is 17.5 Å². The van der Waals surface area contributed by atoms with Gasteiger partial charge in [0.15, 0.2) is 0 Å². The topological polar surface area (TPSA) is 57.0 Å². The van der Waals surface area contributed by atoms with Gasteiger partial charge in [0.25, 0.3) is 0 Å². The molecule has 2 saturated heterocycles. The lowest BCUT2D eigenvalue weighted by Crippen LogP contribution is -2.34. The number of nitrogens with zero attached hydrogens (tertiary/aromatic N) is 3. The van der Waals surface area contributed by atoms with E-state index in [9.17, 15) is 9.59 Å². The summed E-state index contributed by atoms with van der Waals surface area (Å²) < 4.78 is 5.33. The molecule has 1 aromatic heterocycles. The summed E-state index contributed by atoms with van der Waals surface area (Å²) in [4.78, 5) is 31.0. The van der Waals surface area contributed by atoms with Crippen molar-refractivity contribution in [3.05, 3.63) is 54.0 Å². The van der Waals surface area contributed by atoms with Crippen LogP contribution in [-0.2, 0) is 22.7 Å². The molecule has 1 aromatic carbocycles. The van der Waals surface area contributed by atoms with Crippen molar-refractivity contribution in [2.45, 2.75) is 38.8 Å². The van der Waals surface area contributed by atoms with E-state index >= 15 is 0 Å². The predicted molar refractivity (Wildman–Crippen MR) is 111 cm³/mol. The number of rotatable bonds is 6. The zero-order valence-corrected chi connectivity index (χ0v) is 17.0. The van der Waals surface area contributed by atoms with Gasteiger partial charge in [0, 0.05) is 45.3 Å². The minimum absolute atomic E-state index is 0.0130. The van der Waals surface area contributed by atoms with E-state index in [1.807, 2.05) is 19.2 Å². The van der Waals surface area contributed by atoms with Gasteiger partial charge in [0.2, 0.25) is 11.8 Å². The third kappa shape index (κ3) is 4.63. The number of carbonyl (C=O) groups is 2. The Labute approximate surface area is 172 Å². The molecule has 154 valence electrons. The summed E-state index contributed by atoms with van der Waals surface area (Å²) in [5, 5.41) is 0. The number of hydrogen-bond acceptors (Lipinski definition) is 4. The average Bonchev–Trinajstić information content (AvgIpc) is 3.39. The number of amides is 2. The van der Waals surface area contributed by atoms with Crippen LogP contribution in [-0.4, -0.2) is 48.3 Å². The van der Waals surface area contributed by atoms with E-state index in [4.69, 9.17) is 4.42 Å². The first kappa shape index (κ1) is 19.6. The van der Waals surface area contributed by atoms with Crippen molar-refractivity contribution in [2.24, 2.45) is 5.92 Å². The fraction of sp³-hybridized carbons (Fsp3) is 0.478. The van der Waals surface area contributed by atoms with Gasteiger partial charge in [-0.1, -0.05) is 12.1 Å². The summed E-state index contributed by atoms with van der Waals surface area (Å²) in [6.07, 6.45) is 5.72. The fourth-order valence-corrected chi connectivity index (χ4v) is 4.31. The van der Waals surface area contributed by atoms with Crippen LogP contribution in [0.5, 0.6) is 0 Å². The molecule has 1 atom stereocenters. The molecule has 2 amide bonds. The average molecular weight is 396 g/mol. The molecule has 0 N–H and O–H groups in total. The summed E-state index contributed by atoms with van der Waals surface area (Å²) in [5.41, 5.74) is 2.37. The first-order valence-corrected chi connectivity index (χ1v) is 10.5. The first-order chi connectivity index (χ1) is 14.1. The number of likely N-dealkylation sites (tertiary alicyclic amines) is 1. The zero-order chi connectivity index (χ0) is 20.2. The first-order valence-electron chi connectivity index (χ1n) is 10.5. The van der Waals surface area contributed by atoms with Gasteiger partial charge in [-0.3, -0.25) is 9.59 Å². The van der Waals surface area contributed by atoms with E-state index in [-0.39, 0.29) is 24.2 Å². The van der Waals surface area contributed by atoms with Gasteiger partial charge in [0.05, 0.1) is 18.7 Å². The highest BCUT2D eigenvalue weighted by Gasteiger charge is 2.36. The molecule has 6 heteroatoms. The Morgan fingerprint density at radius 2 is 1.90 bits per heavy atom. The van der Waals surface area contributed by atoms with Crippen molar-refractivity contribution in [2.75, 3.05) is 31.6 Å². The lowest BCUT2D eigenvalue weighted by Gasteiger charge is -2.29. The van der Waals surface area contributed by atoms with Crippen LogP contribution in [0.1, 0.15) is 37.0 Å². The van der Waals surface area contributed by atoms with Crippen molar-refractivity contribution in [1.82, 2.24) is 9.80 Å². The third-order valence-electron chi connectivity index (χ3n) is 5.94. The molecule has 2 aliphatic rings. The van der Waals surface area contributed by atoms with Crippen LogP contribution < -0.4 is 4.90 Å². The number of benzene rings is 1. The molecular weight excluding hydrogens is 366 g/mol. The van der Waals surface area contributed by atoms with Crippen LogP contribution in [0.25, 0.3) is 0 Å². The third-order valence-corrected chi connectivity index (χ3v) is 5.94. The van der Waals surface area contributed by atoms with Crippen LogP contribution in [0, 0.1) is 5.92 Å². The lowest BCUT2D eigenvalue weighted by atomic mass is 10.1. The second-order valence-electron chi connectivity index (χ2n) is 8.16. The van der Waals surface area contributed by atoms with E-state index in [1.54, 1.807) is 16.1 Å². The Bertz CT molecular complexity index is 826. The van der Waals surface area contributed by atoms with Crippen LogP contribution >= 0.6 is 0 Å². The summed E-state index contributed by atoms with van der Waals surface area (Å²) in [7, 11) is 1.82. The molecule has 2 aromatic rings. The largest absolute Gasteiger partial charge is 0.467 e. The molecule has 0 radical (unpaired) electrons. The van der Waals surface area contributed by atoms with Gasteiger partial charge in [-0.25, -0.2) is 0 Å². The standard InChI is InChI=1S/C23H29N3O3/c1-24(15-18-7-9-20(10-8-18)25-11-3-2-4-12-25)23(28)19-14-22(27)26(16-19)17-21-6-5-13-29-21/h5-10,13,19H,2-4,11-12,14-17H2,1H3. The summed E-state index contributed by atoms with van der Waals surface area (Å²) in [5.74, 6) is 0.503. The Kier molecular flexibility index (Phi) is 5.88. The molecule has 6 nitrogen and oxygen atoms in total. The van der Waals surface area contributed by atoms with Crippen molar-refractivity contribution in [3.63, 3.8) is 0 Å². The van der Waals surface area contributed by atoms with Crippen molar-refractivity contribution in [3.8, 4) is 0 Å². The van der Waals surface area contributed by atoms with Gasteiger partial charge in [-0.2, -0.15) is 0 Å². The van der Waals surface area contributed by atoms with E-state index in [0.717, 1.165) is 24.4 Å². The fourth-order valence-electron chi connectivity index (χ4n) is 4.31. The molecule has 1 unspecified atom stereocenters. The van der Waals surface area contributed by atoms with Crippen LogP contribution in [0.15, 0.2) is 47.1 Å². The second kappa shape index (κ2) is 8.72. The SMILES string of the molecule is CN(Cc1ccc(N2CCCCC2)cc1)C(=O)C1CC(=O)N(Cc2ccco2)C1. The summed E-state index contributed by atoms with van der Waals surface area (Å²) in [6.45, 7) is 3.69. The number of anilines is 1. The van der Waals surface area contributed by atoms with E-state index < -0.39 is 0 Å². The Morgan fingerprint density at radius 3 is 2.59 bits per heavy atom. The van der Waals surface area contributed by atoms with Crippen LogP contribution in [0.2, 0.25) is 0 Å². The molecule has 2 aliphatic heterocycles. The lowest BCUT2D eigenvalue weighted by molar-refractivity contribution is -0.135. The smallest absolute Gasteiger partial charge is 0.228 e.